The van der Waals surface area contributed by atoms with E-state index in [1.165, 1.54) is 6.07 Å². The molecule has 3 aromatic rings. The van der Waals surface area contributed by atoms with Crippen LogP contribution >= 0.6 is 22.9 Å². The van der Waals surface area contributed by atoms with Gasteiger partial charge in [0.25, 0.3) is 10.0 Å². The molecule has 2 aromatic carbocycles. The van der Waals surface area contributed by atoms with Gasteiger partial charge in [0.15, 0.2) is 0 Å². The number of hydrogen-bond acceptors (Lipinski definition) is 5. The van der Waals surface area contributed by atoms with Crippen LogP contribution in [0.2, 0.25) is 5.02 Å². The zero-order valence-corrected chi connectivity index (χ0v) is 18.0. The number of benzene rings is 2. The van der Waals surface area contributed by atoms with Gasteiger partial charge in [-0.15, -0.1) is 11.3 Å². The van der Waals surface area contributed by atoms with E-state index in [4.69, 9.17) is 16.3 Å². The highest BCUT2D eigenvalue weighted by atomic mass is 35.5. The molecule has 30 heavy (non-hydrogen) atoms. The summed E-state index contributed by atoms with van der Waals surface area (Å²) in [6, 6.07) is 19.2. The topological polar surface area (TPSA) is 92.7 Å². The molecule has 0 spiro atoms. The second kappa shape index (κ2) is 8.03. The number of aliphatic carboxylic acids is 1. The molecule has 1 aliphatic rings. The van der Waals surface area contributed by atoms with E-state index in [1.807, 2.05) is 18.2 Å². The average molecular weight is 464 g/mol. The Balaban J connectivity index is 1.49. The third-order valence-electron chi connectivity index (χ3n) is 4.97. The van der Waals surface area contributed by atoms with Crippen LogP contribution < -0.4 is 9.46 Å². The zero-order valence-electron chi connectivity index (χ0n) is 15.6. The second-order valence-corrected chi connectivity index (χ2v) is 10.5. The number of thiophene rings is 1. The van der Waals surface area contributed by atoms with Crippen LogP contribution in [0.3, 0.4) is 0 Å². The van der Waals surface area contributed by atoms with E-state index < -0.39 is 27.4 Å². The Labute approximate surface area is 183 Å². The van der Waals surface area contributed by atoms with Crippen LogP contribution in [-0.2, 0) is 14.8 Å². The molecule has 2 N–H and O–H groups in total. The molecule has 0 saturated heterocycles. The monoisotopic (exact) mass is 463 g/mol. The van der Waals surface area contributed by atoms with E-state index in [1.54, 1.807) is 42.5 Å². The van der Waals surface area contributed by atoms with Crippen molar-refractivity contribution in [2.75, 3.05) is 6.61 Å². The number of halogens is 1. The van der Waals surface area contributed by atoms with Crippen LogP contribution in [0.5, 0.6) is 5.75 Å². The van der Waals surface area contributed by atoms with Crippen molar-refractivity contribution in [1.82, 2.24) is 4.72 Å². The standard InChI is InChI=1S/C21H18ClNO5S2/c22-16-8-6-14(7-9-16)18-10-11-19(29-18)30(26,27)23-21(20(24)25)12-15(21)13-28-17-4-2-1-3-5-17/h1-11,15,23H,12-13H2,(H,24,25)/t15-,21+/m0/s1. The van der Waals surface area contributed by atoms with Crippen molar-refractivity contribution >= 4 is 38.9 Å². The van der Waals surface area contributed by atoms with Crippen molar-refractivity contribution in [3.05, 3.63) is 71.8 Å². The molecule has 6 nitrogen and oxygen atoms in total. The molecule has 1 saturated carbocycles. The lowest BCUT2D eigenvalue weighted by Gasteiger charge is -2.15. The van der Waals surface area contributed by atoms with Crippen LogP contribution in [0.4, 0.5) is 0 Å². The van der Waals surface area contributed by atoms with E-state index >= 15 is 0 Å². The number of carbonyl (C=O) groups is 1. The van der Waals surface area contributed by atoms with E-state index in [0.717, 1.165) is 21.8 Å². The third kappa shape index (κ3) is 4.22. The zero-order chi connectivity index (χ0) is 21.4. The quantitative estimate of drug-likeness (QED) is 0.520. The molecule has 1 aromatic heterocycles. The summed E-state index contributed by atoms with van der Waals surface area (Å²) in [7, 11) is -4.01. The number of hydrogen-bond donors (Lipinski definition) is 2. The summed E-state index contributed by atoms with van der Waals surface area (Å²) in [5, 5.41) is 10.3. The van der Waals surface area contributed by atoms with Gasteiger partial charge in [-0.3, -0.25) is 4.79 Å². The van der Waals surface area contributed by atoms with Gasteiger partial charge in [-0.05, 0) is 48.4 Å². The summed E-state index contributed by atoms with van der Waals surface area (Å²) in [5.74, 6) is -1.06. The number of sulfonamides is 1. The molecule has 0 aliphatic heterocycles. The Morgan fingerprint density at radius 2 is 1.83 bits per heavy atom. The first-order valence-electron chi connectivity index (χ1n) is 9.11. The van der Waals surface area contributed by atoms with Crippen molar-refractivity contribution in [2.45, 2.75) is 16.2 Å². The fourth-order valence-corrected chi connectivity index (χ4v) is 6.07. The average Bonchev–Trinajstić information content (AvgIpc) is 3.18. The maximum atomic E-state index is 12.9. The summed E-state index contributed by atoms with van der Waals surface area (Å²) in [4.78, 5) is 12.6. The lowest BCUT2D eigenvalue weighted by Crippen LogP contribution is -2.45. The minimum Gasteiger partial charge on any atom is -0.493 e. The molecule has 1 heterocycles. The van der Waals surface area contributed by atoms with Crippen LogP contribution in [-0.4, -0.2) is 31.6 Å². The summed E-state index contributed by atoms with van der Waals surface area (Å²) in [6.45, 7) is 0.110. The molecule has 0 amide bonds. The van der Waals surface area contributed by atoms with Gasteiger partial charge in [0.2, 0.25) is 0 Å². The minimum atomic E-state index is -4.01. The molecule has 4 rings (SSSR count). The summed E-state index contributed by atoms with van der Waals surface area (Å²) in [5.41, 5.74) is -0.725. The number of para-hydroxylation sites is 1. The van der Waals surface area contributed by atoms with Crippen LogP contribution in [0.15, 0.2) is 70.9 Å². The number of nitrogens with one attached hydrogen (secondary N) is 1. The maximum absolute atomic E-state index is 12.9. The van der Waals surface area contributed by atoms with Gasteiger partial charge in [0.1, 0.15) is 15.5 Å². The lowest BCUT2D eigenvalue weighted by molar-refractivity contribution is -0.140. The maximum Gasteiger partial charge on any atom is 0.325 e. The molecule has 156 valence electrons. The molecule has 0 unspecified atom stereocenters. The molecule has 2 atom stereocenters. The van der Waals surface area contributed by atoms with Crippen LogP contribution in [0.25, 0.3) is 10.4 Å². The summed E-state index contributed by atoms with van der Waals surface area (Å²) in [6.07, 6.45) is 0.170. The third-order valence-corrected chi connectivity index (χ3v) is 8.36. The number of carboxylic acid groups (broad SMARTS) is 1. The number of carboxylic acids is 1. The first-order valence-corrected chi connectivity index (χ1v) is 11.8. The highest BCUT2D eigenvalue weighted by Crippen LogP contribution is 2.45. The lowest BCUT2D eigenvalue weighted by atomic mass is 10.2. The Bertz CT molecular complexity index is 1160. The van der Waals surface area contributed by atoms with E-state index in [2.05, 4.69) is 4.72 Å². The van der Waals surface area contributed by atoms with Crippen molar-refractivity contribution < 1.29 is 23.1 Å². The molecular formula is C21H18ClNO5S2. The van der Waals surface area contributed by atoms with E-state index in [-0.39, 0.29) is 17.2 Å². The normalized spacial score (nSPS) is 20.6. The van der Waals surface area contributed by atoms with E-state index in [0.29, 0.717) is 10.8 Å². The van der Waals surface area contributed by atoms with Gasteiger partial charge < -0.3 is 9.84 Å². The predicted octanol–water partition coefficient (Wildman–Crippen LogP) is 4.27. The molecule has 1 fully saturated rings. The summed E-state index contributed by atoms with van der Waals surface area (Å²) < 4.78 is 33.9. The van der Waals surface area contributed by atoms with Gasteiger partial charge in [-0.2, -0.15) is 4.72 Å². The van der Waals surface area contributed by atoms with Gasteiger partial charge in [0, 0.05) is 15.8 Å². The van der Waals surface area contributed by atoms with Crippen LogP contribution in [0.1, 0.15) is 6.42 Å². The molecule has 1 aliphatic carbocycles. The Hall–Kier alpha value is -2.39. The smallest absolute Gasteiger partial charge is 0.325 e. The van der Waals surface area contributed by atoms with Crippen molar-refractivity contribution in [2.24, 2.45) is 5.92 Å². The van der Waals surface area contributed by atoms with Crippen molar-refractivity contribution in [1.29, 1.82) is 0 Å². The predicted molar refractivity (Wildman–Crippen MR) is 115 cm³/mol. The van der Waals surface area contributed by atoms with Gasteiger partial charge in [-0.1, -0.05) is 41.9 Å². The SMILES string of the molecule is O=C(O)[C@@]1(NS(=O)(=O)c2ccc(-c3ccc(Cl)cc3)s2)C[C@H]1COc1ccccc1. The summed E-state index contributed by atoms with van der Waals surface area (Å²) >= 11 is 6.97. The molecule has 0 radical (unpaired) electrons. The van der Waals surface area contributed by atoms with Gasteiger partial charge in [-0.25, -0.2) is 8.42 Å². The molecule has 9 heteroatoms. The largest absolute Gasteiger partial charge is 0.493 e. The highest BCUT2D eigenvalue weighted by molar-refractivity contribution is 7.91. The van der Waals surface area contributed by atoms with Gasteiger partial charge >= 0.3 is 5.97 Å². The second-order valence-electron chi connectivity index (χ2n) is 7.03. The minimum absolute atomic E-state index is 0.0581. The first-order chi connectivity index (χ1) is 14.3. The number of rotatable bonds is 8. The Morgan fingerprint density at radius 3 is 2.50 bits per heavy atom. The van der Waals surface area contributed by atoms with Crippen LogP contribution in [0, 0.1) is 5.92 Å². The molecule has 0 bridgehead atoms. The van der Waals surface area contributed by atoms with Gasteiger partial charge in [0.05, 0.1) is 6.61 Å². The van der Waals surface area contributed by atoms with Crippen molar-refractivity contribution in [3.8, 4) is 16.2 Å². The first kappa shape index (κ1) is 20.9. The fraction of sp³-hybridized carbons (Fsp3) is 0.190. The van der Waals surface area contributed by atoms with E-state index in [9.17, 15) is 18.3 Å². The highest BCUT2D eigenvalue weighted by Gasteiger charge is 2.63. The number of ether oxygens (including phenoxy) is 1. The Kier molecular flexibility index (Phi) is 5.59. The fourth-order valence-electron chi connectivity index (χ4n) is 3.20. The molecular weight excluding hydrogens is 446 g/mol. The van der Waals surface area contributed by atoms with Crippen molar-refractivity contribution in [3.63, 3.8) is 0 Å². The Morgan fingerprint density at radius 1 is 1.13 bits per heavy atom.